The lowest BCUT2D eigenvalue weighted by Gasteiger charge is -2.44. The fourth-order valence-corrected chi connectivity index (χ4v) is 2.78. The van der Waals surface area contributed by atoms with Crippen molar-refractivity contribution < 1.29 is 9.47 Å². The molecule has 4 unspecified atom stereocenters. The van der Waals surface area contributed by atoms with Crippen molar-refractivity contribution in [3.63, 3.8) is 0 Å². The second-order valence-electron chi connectivity index (χ2n) is 5.69. The molecule has 2 fully saturated rings. The van der Waals surface area contributed by atoms with Crippen molar-refractivity contribution in [1.29, 1.82) is 0 Å². The van der Waals surface area contributed by atoms with Gasteiger partial charge in [0.05, 0.1) is 12.2 Å². The number of hydrogen-bond donors (Lipinski definition) is 1. The Morgan fingerprint density at radius 1 is 1.39 bits per heavy atom. The predicted octanol–water partition coefficient (Wildman–Crippen LogP) is 1.25. The monoisotopic (exact) mass is 256 g/mol. The van der Waals surface area contributed by atoms with E-state index in [2.05, 4.69) is 24.2 Å². The van der Waals surface area contributed by atoms with Gasteiger partial charge in [0.25, 0.3) is 0 Å². The van der Waals surface area contributed by atoms with Gasteiger partial charge in [0.15, 0.2) is 0 Å². The van der Waals surface area contributed by atoms with Crippen LogP contribution in [0.25, 0.3) is 0 Å². The maximum absolute atomic E-state index is 5.64. The van der Waals surface area contributed by atoms with Gasteiger partial charge in [0.2, 0.25) is 0 Å². The predicted molar refractivity (Wildman–Crippen MR) is 72.9 cm³/mol. The summed E-state index contributed by atoms with van der Waals surface area (Å²) in [6.07, 6.45) is 4.33. The van der Waals surface area contributed by atoms with Gasteiger partial charge in [-0.05, 0) is 40.2 Å². The van der Waals surface area contributed by atoms with Crippen LogP contribution in [0.1, 0.15) is 33.1 Å². The van der Waals surface area contributed by atoms with Crippen molar-refractivity contribution in [1.82, 2.24) is 10.2 Å². The van der Waals surface area contributed by atoms with E-state index in [1.54, 1.807) is 7.11 Å². The number of likely N-dealkylation sites (N-methyl/N-ethyl adjacent to an activating group) is 1. The van der Waals surface area contributed by atoms with Gasteiger partial charge >= 0.3 is 0 Å². The number of rotatable bonds is 8. The fourth-order valence-electron chi connectivity index (χ4n) is 2.78. The van der Waals surface area contributed by atoms with E-state index in [-0.39, 0.29) is 12.2 Å². The molecule has 2 aliphatic carbocycles. The molecule has 0 aromatic heterocycles. The minimum absolute atomic E-state index is 0.225. The molecule has 4 atom stereocenters. The van der Waals surface area contributed by atoms with Gasteiger partial charge in [-0.15, -0.1) is 0 Å². The van der Waals surface area contributed by atoms with Gasteiger partial charge in [0.1, 0.15) is 0 Å². The SMILES string of the molecule is CCOC1CC(NCC(C)N(C)C2CC2)C1OC. The highest BCUT2D eigenvalue weighted by Crippen LogP contribution is 2.28. The number of nitrogens with one attached hydrogen (secondary N) is 1. The fraction of sp³-hybridized carbons (Fsp3) is 1.00. The third kappa shape index (κ3) is 3.23. The Kier molecular flexibility index (Phi) is 5.01. The molecule has 0 bridgehead atoms. The van der Waals surface area contributed by atoms with Crippen LogP contribution in [-0.4, -0.2) is 62.5 Å². The van der Waals surface area contributed by atoms with E-state index in [0.717, 1.165) is 25.6 Å². The Morgan fingerprint density at radius 3 is 2.67 bits per heavy atom. The van der Waals surface area contributed by atoms with E-state index in [1.165, 1.54) is 12.8 Å². The normalized spacial score (nSPS) is 33.5. The zero-order chi connectivity index (χ0) is 13.1. The first kappa shape index (κ1) is 14.3. The van der Waals surface area contributed by atoms with E-state index < -0.39 is 0 Å². The summed E-state index contributed by atoms with van der Waals surface area (Å²) < 4.78 is 11.2. The summed E-state index contributed by atoms with van der Waals surface area (Å²) in [5.74, 6) is 0. The summed E-state index contributed by atoms with van der Waals surface area (Å²) in [7, 11) is 4.02. The lowest BCUT2D eigenvalue weighted by atomic mass is 9.85. The van der Waals surface area contributed by atoms with Gasteiger partial charge < -0.3 is 14.8 Å². The van der Waals surface area contributed by atoms with Crippen LogP contribution >= 0.6 is 0 Å². The Hall–Kier alpha value is -0.160. The van der Waals surface area contributed by atoms with Gasteiger partial charge in [-0.3, -0.25) is 4.90 Å². The maximum Gasteiger partial charge on any atom is 0.0986 e. The van der Waals surface area contributed by atoms with Crippen molar-refractivity contribution in [2.24, 2.45) is 0 Å². The number of hydrogen-bond acceptors (Lipinski definition) is 4. The van der Waals surface area contributed by atoms with Crippen molar-refractivity contribution in [2.75, 3.05) is 27.3 Å². The quantitative estimate of drug-likeness (QED) is 0.709. The molecule has 2 aliphatic rings. The molecule has 18 heavy (non-hydrogen) atoms. The molecule has 0 aromatic rings. The minimum Gasteiger partial charge on any atom is -0.377 e. The lowest BCUT2D eigenvalue weighted by molar-refractivity contribution is -0.131. The maximum atomic E-state index is 5.64. The second kappa shape index (κ2) is 6.33. The third-order valence-electron chi connectivity index (χ3n) is 4.40. The van der Waals surface area contributed by atoms with Crippen LogP contribution in [0.5, 0.6) is 0 Å². The first-order chi connectivity index (χ1) is 8.67. The molecule has 0 radical (unpaired) electrons. The topological polar surface area (TPSA) is 33.7 Å². The molecule has 2 rings (SSSR count). The average molecular weight is 256 g/mol. The summed E-state index contributed by atoms with van der Waals surface area (Å²) in [6, 6.07) is 1.89. The van der Waals surface area contributed by atoms with Crippen molar-refractivity contribution in [2.45, 2.75) is 63.4 Å². The van der Waals surface area contributed by atoms with E-state index in [1.807, 2.05) is 6.92 Å². The van der Waals surface area contributed by atoms with E-state index in [9.17, 15) is 0 Å². The van der Waals surface area contributed by atoms with Gasteiger partial charge in [-0.1, -0.05) is 0 Å². The molecule has 0 spiro atoms. The molecule has 4 heteroatoms. The summed E-state index contributed by atoms with van der Waals surface area (Å²) in [5.41, 5.74) is 0. The van der Waals surface area contributed by atoms with Crippen molar-refractivity contribution >= 4 is 0 Å². The van der Waals surface area contributed by atoms with Crippen LogP contribution in [0, 0.1) is 0 Å². The highest BCUT2D eigenvalue weighted by molar-refractivity contribution is 4.98. The highest BCUT2D eigenvalue weighted by Gasteiger charge is 2.42. The molecule has 4 nitrogen and oxygen atoms in total. The molecule has 2 saturated carbocycles. The first-order valence-electron chi connectivity index (χ1n) is 7.27. The molecule has 0 aliphatic heterocycles. The van der Waals surface area contributed by atoms with Crippen LogP contribution in [0.3, 0.4) is 0 Å². The number of methoxy groups -OCH3 is 1. The number of ether oxygens (including phenoxy) is 2. The third-order valence-corrected chi connectivity index (χ3v) is 4.40. The Balaban J connectivity index is 1.67. The van der Waals surface area contributed by atoms with E-state index in [0.29, 0.717) is 12.1 Å². The Morgan fingerprint density at radius 2 is 2.11 bits per heavy atom. The Bertz CT molecular complexity index is 258. The zero-order valence-electron chi connectivity index (χ0n) is 12.2. The van der Waals surface area contributed by atoms with Crippen molar-refractivity contribution in [3.05, 3.63) is 0 Å². The van der Waals surface area contributed by atoms with Crippen LogP contribution < -0.4 is 5.32 Å². The lowest BCUT2D eigenvalue weighted by Crippen LogP contribution is -2.61. The Labute approximate surface area is 111 Å². The van der Waals surface area contributed by atoms with E-state index in [4.69, 9.17) is 9.47 Å². The highest BCUT2D eigenvalue weighted by atomic mass is 16.5. The molecule has 106 valence electrons. The molecule has 0 heterocycles. The standard InChI is InChI=1S/C14H28N2O2/c1-5-18-13-8-12(14(13)17-4)15-9-10(2)16(3)11-6-7-11/h10-15H,5-9H2,1-4H3. The molecule has 0 amide bonds. The van der Waals surface area contributed by atoms with Gasteiger partial charge in [-0.2, -0.15) is 0 Å². The van der Waals surface area contributed by atoms with Gasteiger partial charge in [-0.25, -0.2) is 0 Å². The summed E-state index contributed by atoms with van der Waals surface area (Å²) >= 11 is 0. The van der Waals surface area contributed by atoms with Gasteiger partial charge in [0, 0.05) is 38.4 Å². The molecule has 1 N–H and O–H groups in total. The zero-order valence-corrected chi connectivity index (χ0v) is 12.2. The van der Waals surface area contributed by atoms with Crippen molar-refractivity contribution in [3.8, 4) is 0 Å². The molecular formula is C14H28N2O2. The molecule has 0 aromatic carbocycles. The van der Waals surface area contributed by atoms with Crippen LogP contribution in [0.4, 0.5) is 0 Å². The summed E-state index contributed by atoms with van der Waals surface area (Å²) in [5, 5.41) is 3.63. The average Bonchev–Trinajstić information content (AvgIpc) is 3.16. The van der Waals surface area contributed by atoms with Crippen LogP contribution in [0.15, 0.2) is 0 Å². The summed E-state index contributed by atoms with van der Waals surface area (Å²) in [4.78, 5) is 2.49. The largest absolute Gasteiger partial charge is 0.377 e. The molecular weight excluding hydrogens is 228 g/mol. The van der Waals surface area contributed by atoms with E-state index >= 15 is 0 Å². The molecule has 0 saturated heterocycles. The van der Waals surface area contributed by atoms with Crippen LogP contribution in [-0.2, 0) is 9.47 Å². The smallest absolute Gasteiger partial charge is 0.0986 e. The first-order valence-corrected chi connectivity index (χ1v) is 7.27. The van der Waals surface area contributed by atoms with Crippen LogP contribution in [0.2, 0.25) is 0 Å². The minimum atomic E-state index is 0.225. The summed E-state index contributed by atoms with van der Waals surface area (Å²) in [6.45, 7) is 6.15. The second-order valence-corrected chi connectivity index (χ2v) is 5.69. The number of nitrogens with zero attached hydrogens (tertiary/aromatic N) is 1.